The number of nitrogens with zero attached hydrogens (tertiary/aromatic N) is 4. The number of aryl methyl sites for hydroxylation is 2. The van der Waals surface area contributed by atoms with Crippen LogP contribution in [0.5, 0.6) is 11.5 Å². The number of hydrogen-bond acceptors (Lipinski definition) is 6. The summed E-state index contributed by atoms with van der Waals surface area (Å²) in [6.07, 6.45) is 0. The van der Waals surface area contributed by atoms with Crippen molar-refractivity contribution < 1.29 is 9.47 Å². The van der Waals surface area contributed by atoms with Crippen molar-refractivity contribution in [2.24, 2.45) is 7.05 Å². The van der Waals surface area contributed by atoms with Crippen LogP contribution < -0.4 is 9.47 Å². The predicted octanol–water partition coefficient (Wildman–Crippen LogP) is 3.48. The summed E-state index contributed by atoms with van der Waals surface area (Å²) in [5, 5.41) is 12.8. The van der Waals surface area contributed by atoms with Crippen LogP contribution in [0.25, 0.3) is 11.4 Å². The van der Waals surface area contributed by atoms with Crippen LogP contribution >= 0.6 is 23.4 Å². The van der Waals surface area contributed by atoms with Crippen LogP contribution in [-0.2, 0) is 12.8 Å². The van der Waals surface area contributed by atoms with Gasteiger partial charge in [0.2, 0.25) is 5.16 Å². The number of nitrogens with one attached hydrogen (secondary N) is 1. The molecule has 25 heavy (non-hydrogen) atoms. The van der Waals surface area contributed by atoms with E-state index in [9.17, 15) is 0 Å². The number of benzene rings is 1. The third-order valence-corrected chi connectivity index (χ3v) is 5.09. The quantitative estimate of drug-likeness (QED) is 0.660. The number of halogens is 1. The average molecular weight is 380 g/mol. The number of H-pyrrole nitrogens is 1. The van der Waals surface area contributed by atoms with E-state index in [0.717, 1.165) is 22.6 Å². The highest BCUT2D eigenvalue weighted by Crippen LogP contribution is 2.33. The van der Waals surface area contributed by atoms with Gasteiger partial charge < -0.3 is 9.47 Å². The molecule has 0 radical (unpaired) electrons. The van der Waals surface area contributed by atoms with Gasteiger partial charge in [-0.3, -0.25) is 9.78 Å². The molecule has 0 aliphatic heterocycles. The van der Waals surface area contributed by atoms with Crippen LogP contribution in [0.3, 0.4) is 0 Å². The minimum absolute atomic E-state index is 0.632. The van der Waals surface area contributed by atoms with Gasteiger partial charge in [-0.25, -0.2) is 4.98 Å². The Hall–Kier alpha value is -2.19. The summed E-state index contributed by atoms with van der Waals surface area (Å²) in [4.78, 5) is 4.53. The highest BCUT2D eigenvalue weighted by molar-refractivity contribution is 7.98. The Morgan fingerprint density at radius 1 is 1.28 bits per heavy atom. The van der Waals surface area contributed by atoms with Crippen LogP contribution in [0.1, 0.15) is 11.3 Å². The van der Waals surface area contributed by atoms with E-state index in [-0.39, 0.29) is 0 Å². The molecule has 3 rings (SSSR count). The summed E-state index contributed by atoms with van der Waals surface area (Å²) < 4.78 is 12.3. The zero-order chi connectivity index (χ0) is 18.0. The Kier molecular flexibility index (Phi) is 5.19. The number of ether oxygens (including phenoxy) is 2. The number of methoxy groups -OCH3 is 2. The van der Waals surface area contributed by atoms with Crippen molar-refractivity contribution in [2.45, 2.75) is 17.8 Å². The largest absolute Gasteiger partial charge is 0.497 e. The lowest BCUT2D eigenvalue weighted by atomic mass is 10.2. The number of rotatable bonds is 6. The Bertz CT molecular complexity index is 893. The number of aromatic amines is 1. The molecule has 0 aliphatic carbocycles. The lowest BCUT2D eigenvalue weighted by Gasteiger charge is -2.07. The van der Waals surface area contributed by atoms with Crippen LogP contribution in [0, 0.1) is 6.92 Å². The fourth-order valence-electron chi connectivity index (χ4n) is 2.40. The lowest BCUT2D eigenvalue weighted by Crippen LogP contribution is -1.91. The molecule has 0 saturated heterocycles. The van der Waals surface area contributed by atoms with Gasteiger partial charge in [-0.1, -0.05) is 23.4 Å². The van der Waals surface area contributed by atoms with Gasteiger partial charge in [0.1, 0.15) is 16.7 Å². The van der Waals surface area contributed by atoms with Crippen LogP contribution in [0.15, 0.2) is 23.4 Å². The number of hydrogen-bond donors (Lipinski definition) is 1. The summed E-state index contributed by atoms with van der Waals surface area (Å²) in [6, 6.07) is 5.55. The molecule has 0 unspecified atom stereocenters. The van der Waals surface area contributed by atoms with E-state index in [1.54, 1.807) is 18.9 Å². The molecule has 0 aliphatic rings. The highest BCUT2D eigenvalue weighted by Gasteiger charge is 2.15. The second-order valence-electron chi connectivity index (χ2n) is 5.30. The molecule has 3 aromatic rings. The molecule has 1 aromatic carbocycles. The normalized spacial score (nSPS) is 10.9. The van der Waals surface area contributed by atoms with Crippen molar-refractivity contribution in [3.63, 3.8) is 0 Å². The molecule has 2 aromatic heterocycles. The van der Waals surface area contributed by atoms with Gasteiger partial charge in [0.05, 0.1) is 25.5 Å². The Labute approximate surface area is 154 Å². The van der Waals surface area contributed by atoms with Crippen molar-refractivity contribution in [2.75, 3.05) is 14.2 Å². The topological polar surface area (TPSA) is 77.9 Å². The Morgan fingerprint density at radius 3 is 2.72 bits per heavy atom. The van der Waals surface area contributed by atoms with Gasteiger partial charge in [-0.05, 0) is 19.1 Å². The SMILES string of the molecule is COc1ccc(-c2nc(SCc3c(C)nn(C)c3Cl)n[nH]2)c(OC)c1. The lowest BCUT2D eigenvalue weighted by molar-refractivity contribution is 0.395. The molecule has 9 heteroatoms. The van der Waals surface area contributed by atoms with E-state index in [4.69, 9.17) is 21.1 Å². The molecular formula is C16H18ClN5O2S. The third-order valence-electron chi connectivity index (χ3n) is 3.74. The average Bonchev–Trinajstić information content (AvgIpc) is 3.18. The molecule has 2 heterocycles. The van der Waals surface area contributed by atoms with E-state index in [1.165, 1.54) is 11.8 Å². The molecule has 0 saturated carbocycles. The molecular weight excluding hydrogens is 362 g/mol. The molecule has 1 N–H and O–H groups in total. The Balaban J connectivity index is 1.79. The maximum Gasteiger partial charge on any atom is 0.209 e. The maximum atomic E-state index is 6.26. The predicted molar refractivity (Wildman–Crippen MR) is 97.4 cm³/mol. The van der Waals surface area contributed by atoms with Crippen LogP contribution in [0.2, 0.25) is 5.15 Å². The van der Waals surface area contributed by atoms with Crippen molar-refractivity contribution in [3.05, 3.63) is 34.6 Å². The molecule has 7 nitrogen and oxygen atoms in total. The second-order valence-corrected chi connectivity index (χ2v) is 6.60. The molecule has 132 valence electrons. The molecule has 0 spiro atoms. The van der Waals surface area contributed by atoms with Crippen molar-refractivity contribution >= 4 is 23.4 Å². The fourth-order valence-corrected chi connectivity index (χ4v) is 3.61. The van der Waals surface area contributed by atoms with Gasteiger partial charge >= 0.3 is 0 Å². The van der Waals surface area contributed by atoms with E-state index >= 15 is 0 Å². The first-order chi connectivity index (χ1) is 12.0. The van der Waals surface area contributed by atoms with Crippen molar-refractivity contribution in [1.29, 1.82) is 0 Å². The van der Waals surface area contributed by atoms with E-state index in [1.807, 2.05) is 32.2 Å². The first-order valence-corrected chi connectivity index (χ1v) is 8.85. The molecule has 0 amide bonds. The van der Waals surface area contributed by atoms with Crippen molar-refractivity contribution in [1.82, 2.24) is 25.0 Å². The second kappa shape index (κ2) is 7.37. The zero-order valence-electron chi connectivity index (χ0n) is 14.3. The minimum atomic E-state index is 0.632. The smallest absolute Gasteiger partial charge is 0.209 e. The summed E-state index contributed by atoms with van der Waals surface area (Å²) in [7, 11) is 5.05. The third kappa shape index (κ3) is 3.59. The summed E-state index contributed by atoms with van der Waals surface area (Å²) in [6.45, 7) is 1.94. The minimum Gasteiger partial charge on any atom is -0.497 e. The van der Waals surface area contributed by atoms with Crippen molar-refractivity contribution in [3.8, 4) is 22.9 Å². The molecule has 0 fully saturated rings. The first kappa shape index (κ1) is 17.6. The number of aromatic nitrogens is 5. The van der Waals surface area contributed by atoms with E-state index in [0.29, 0.717) is 27.6 Å². The monoisotopic (exact) mass is 379 g/mol. The van der Waals surface area contributed by atoms with E-state index < -0.39 is 0 Å². The first-order valence-electron chi connectivity index (χ1n) is 7.49. The van der Waals surface area contributed by atoms with Gasteiger partial charge in [-0.2, -0.15) is 5.10 Å². The number of thioether (sulfide) groups is 1. The van der Waals surface area contributed by atoms with Gasteiger partial charge in [0.15, 0.2) is 5.82 Å². The Morgan fingerprint density at radius 2 is 2.08 bits per heavy atom. The maximum absolute atomic E-state index is 6.26. The van der Waals surface area contributed by atoms with E-state index in [2.05, 4.69) is 20.3 Å². The molecule has 0 bridgehead atoms. The highest BCUT2D eigenvalue weighted by atomic mass is 35.5. The fraction of sp³-hybridized carbons (Fsp3) is 0.312. The summed E-state index contributed by atoms with van der Waals surface area (Å²) in [5.41, 5.74) is 2.72. The van der Waals surface area contributed by atoms with Gasteiger partial charge in [0.25, 0.3) is 0 Å². The zero-order valence-corrected chi connectivity index (χ0v) is 15.9. The van der Waals surface area contributed by atoms with Crippen LogP contribution in [0.4, 0.5) is 0 Å². The summed E-state index contributed by atoms with van der Waals surface area (Å²) in [5.74, 6) is 2.67. The molecule has 0 atom stereocenters. The standard InChI is InChI=1S/C16H18ClN5O2S/c1-9-12(14(17)22(2)21-9)8-25-16-18-15(19-20-16)11-6-5-10(23-3)7-13(11)24-4/h5-7H,8H2,1-4H3,(H,18,19,20). The van der Waals surface area contributed by atoms with Gasteiger partial charge in [0, 0.05) is 24.4 Å². The van der Waals surface area contributed by atoms with Gasteiger partial charge in [-0.15, -0.1) is 5.10 Å². The summed E-state index contributed by atoms with van der Waals surface area (Å²) >= 11 is 7.75. The van der Waals surface area contributed by atoms with Crippen LogP contribution in [-0.4, -0.2) is 39.2 Å².